The molecule has 0 fully saturated rings. The van der Waals surface area contributed by atoms with Crippen LogP contribution >= 0.6 is 0 Å². The van der Waals surface area contributed by atoms with E-state index in [9.17, 15) is 4.79 Å². The number of rotatable bonds is 39. The zero-order chi connectivity index (χ0) is 31.2. The van der Waals surface area contributed by atoms with E-state index in [-0.39, 0.29) is 13.0 Å². The number of hydrogen-bond acceptors (Lipinski definition) is 14. The van der Waals surface area contributed by atoms with Gasteiger partial charge in [0.05, 0.1) is 165 Å². The van der Waals surface area contributed by atoms with Crippen LogP contribution in [0.3, 0.4) is 0 Å². The van der Waals surface area contributed by atoms with E-state index < -0.39 is 5.97 Å². The van der Waals surface area contributed by atoms with Gasteiger partial charge in [0.1, 0.15) is 0 Å². The minimum atomic E-state index is -0.874. The molecule has 0 rings (SSSR count). The van der Waals surface area contributed by atoms with Crippen LogP contribution in [0.5, 0.6) is 0 Å². The average Bonchev–Trinajstić information content (AvgIpc) is 3.00. The SMILES string of the molecule is CNCCOCCOCCOCCOCCOCCOCCOCCOCCOCCOCCOCCOCCC(=O)O. The second-order valence-corrected chi connectivity index (χ2v) is 8.60. The molecule has 43 heavy (non-hydrogen) atoms. The third-order valence-electron chi connectivity index (χ3n) is 5.05. The zero-order valence-corrected chi connectivity index (χ0v) is 26.1. The Morgan fingerprint density at radius 2 is 0.558 bits per heavy atom. The van der Waals surface area contributed by atoms with E-state index in [1.165, 1.54) is 0 Å². The molecule has 0 unspecified atom stereocenters. The molecule has 15 nitrogen and oxygen atoms in total. The van der Waals surface area contributed by atoms with Gasteiger partial charge in [-0.05, 0) is 7.05 Å². The number of carbonyl (C=O) groups is 1. The van der Waals surface area contributed by atoms with E-state index >= 15 is 0 Å². The van der Waals surface area contributed by atoms with Crippen molar-refractivity contribution in [3.63, 3.8) is 0 Å². The number of carboxylic acids is 1. The normalized spacial score (nSPS) is 11.5. The Hall–Kier alpha value is -1.05. The Morgan fingerprint density at radius 3 is 0.744 bits per heavy atom. The van der Waals surface area contributed by atoms with Gasteiger partial charge in [0.15, 0.2) is 0 Å². The molecule has 0 saturated heterocycles. The molecule has 2 N–H and O–H groups in total. The molecular weight excluding hydrogens is 574 g/mol. The molecule has 0 radical (unpaired) electrons. The highest BCUT2D eigenvalue weighted by atomic mass is 16.6. The molecule has 0 heterocycles. The summed E-state index contributed by atoms with van der Waals surface area (Å²) in [6.45, 7) is 12.6. The minimum absolute atomic E-state index is 0.00152. The van der Waals surface area contributed by atoms with Crippen LogP contribution in [0.1, 0.15) is 6.42 Å². The summed E-state index contributed by atoms with van der Waals surface area (Å²) in [7, 11) is 1.89. The van der Waals surface area contributed by atoms with Crippen molar-refractivity contribution >= 4 is 5.97 Å². The summed E-state index contributed by atoms with van der Waals surface area (Å²) in [5.74, 6) is -0.874. The molecular formula is C28H57NO14. The lowest BCUT2D eigenvalue weighted by Gasteiger charge is -2.09. The van der Waals surface area contributed by atoms with Crippen LogP contribution in [-0.2, 0) is 61.6 Å². The number of carboxylic acid groups (broad SMARTS) is 1. The predicted octanol–water partition coefficient (Wildman–Crippen LogP) is -0.120. The Labute approximate surface area is 256 Å². The number of ether oxygens (including phenoxy) is 12. The maximum absolute atomic E-state index is 10.3. The van der Waals surface area contributed by atoms with Crippen LogP contribution in [0.4, 0.5) is 0 Å². The van der Waals surface area contributed by atoms with Crippen LogP contribution in [0.15, 0.2) is 0 Å². The van der Waals surface area contributed by atoms with Gasteiger partial charge >= 0.3 is 5.97 Å². The largest absolute Gasteiger partial charge is 0.481 e. The van der Waals surface area contributed by atoms with E-state index in [2.05, 4.69) is 5.32 Å². The highest BCUT2D eigenvalue weighted by Gasteiger charge is 1.98. The molecule has 0 amide bonds. The standard InChI is InChI=1S/C28H57NO14/c1-29-3-5-33-7-9-35-11-13-37-15-17-39-19-21-41-23-25-43-27-26-42-24-22-40-20-18-38-16-14-36-12-10-34-8-6-32-4-2-28(30)31/h29H,2-27H2,1H3,(H,30,31). The van der Waals surface area contributed by atoms with Crippen molar-refractivity contribution in [2.24, 2.45) is 0 Å². The fourth-order valence-electron chi connectivity index (χ4n) is 2.85. The predicted molar refractivity (Wildman–Crippen MR) is 156 cm³/mol. The van der Waals surface area contributed by atoms with Gasteiger partial charge in [0, 0.05) is 6.54 Å². The maximum atomic E-state index is 10.3. The third kappa shape index (κ3) is 41.0. The van der Waals surface area contributed by atoms with Gasteiger partial charge in [-0.15, -0.1) is 0 Å². The number of aliphatic carboxylic acids is 1. The molecule has 15 heteroatoms. The van der Waals surface area contributed by atoms with Gasteiger partial charge in [0.25, 0.3) is 0 Å². The van der Waals surface area contributed by atoms with Crippen LogP contribution in [0, 0.1) is 0 Å². The van der Waals surface area contributed by atoms with Crippen LogP contribution in [0.2, 0.25) is 0 Å². The summed E-state index contributed by atoms with van der Waals surface area (Å²) in [6.07, 6.45) is -0.00152. The first-order chi connectivity index (χ1) is 21.3. The molecule has 0 aliphatic heterocycles. The van der Waals surface area contributed by atoms with Crippen LogP contribution in [-0.4, -0.2) is 183 Å². The monoisotopic (exact) mass is 631 g/mol. The van der Waals surface area contributed by atoms with Crippen LogP contribution < -0.4 is 5.32 Å². The van der Waals surface area contributed by atoms with Crippen molar-refractivity contribution < 1.29 is 66.7 Å². The van der Waals surface area contributed by atoms with Crippen molar-refractivity contribution in [3.05, 3.63) is 0 Å². The highest BCUT2D eigenvalue weighted by molar-refractivity contribution is 5.66. The summed E-state index contributed by atoms with van der Waals surface area (Å²) in [4.78, 5) is 10.3. The first-order valence-electron chi connectivity index (χ1n) is 15.1. The quantitative estimate of drug-likeness (QED) is 0.0864. The Morgan fingerprint density at radius 1 is 0.372 bits per heavy atom. The highest BCUT2D eigenvalue weighted by Crippen LogP contribution is 1.88. The molecule has 0 aromatic carbocycles. The summed E-state index contributed by atoms with van der Waals surface area (Å²) in [5.41, 5.74) is 0. The van der Waals surface area contributed by atoms with Crippen LogP contribution in [0.25, 0.3) is 0 Å². The van der Waals surface area contributed by atoms with Crippen molar-refractivity contribution in [2.75, 3.05) is 172 Å². The van der Waals surface area contributed by atoms with Crippen molar-refractivity contribution in [1.82, 2.24) is 5.32 Å². The van der Waals surface area contributed by atoms with Gasteiger partial charge in [-0.25, -0.2) is 0 Å². The summed E-state index contributed by atoms with van der Waals surface area (Å²) < 4.78 is 64.7. The lowest BCUT2D eigenvalue weighted by atomic mass is 10.5. The van der Waals surface area contributed by atoms with E-state index in [1.54, 1.807) is 0 Å². The van der Waals surface area contributed by atoms with Crippen molar-refractivity contribution in [1.29, 1.82) is 0 Å². The fraction of sp³-hybridized carbons (Fsp3) is 0.964. The molecule has 0 aliphatic carbocycles. The fourth-order valence-corrected chi connectivity index (χ4v) is 2.85. The molecule has 0 aromatic rings. The number of hydrogen-bond donors (Lipinski definition) is 2. The van der Waals surface area contributed by atoms with Gasteiger partial charge in [-0.3, -0.25) is 4.79 Å². The average molecular weight is 632 g/mol. The minimum Gasteiger partial charge on any atom is -0.481 e. The summed E-state index contributed by atoms with van der Waals surface area (Å²) in [5, 5.41) is 11.5. The maximum Gasteiger partial charge on any atom is 0.305 e. The molecule has 0 saturated carbocycles. The molecule has 258 valence electrons. The summed E-state index contributed by atoms with van der Waals surface area (Å²) in [6, 6.07) is 0. The topological polar surface area (TPSA) is 160 Å². The lowest BCUT2D eigenvalue weighted by Crippen LogP contribution is -2.17. The first-order valence-corrected chi connectivity index (χ1v) is 15.1. The second kappa shape index (κ2) is 39.0. The first kappa shape index (κ1) is 42.0. The van der Waals surface area contributed by atoms with Gasteiger partial charge in [-0.1, -0.05) is 0 Å². The van der Waals surface area contributed by atoms with Crippen molar-refractivity contribution in [2.45, 2.75) is 6.42 Å². The molecule has 0 aliphatic rings. The molecule has 0 bridgehead atoms. The summed E-state index contributed by atoms with van der Waals surface area (Å²) >= 11 is 0. The Balaban J connectivity index is 3.03. The Bertz CT molecular complexity index is 536. The smallest absolute Gasteiger partial charge is 0.305 e. The van der Waals surface area contributed by atoms with E-state index in [0.717, 1.165) is 6.54 Å². The number of likely N-dealkylation sites (N-methyl/N-ethyl adjacent to an activating group) is 1. The van der Waals surface area contributed by atoms with Gasteiger partial charge < -0.3 is 67.3 Å². The van der Waals surface area contributed by atoms with Crippen molar-refractivity contribution in [3.8, 4) is 0 Å². The lowest BCUT2D eigenvalue weighted by molar-refractivity contribution is -0.138. The zero-order valence-electron chi connectivity index (χ0n) is 26.1. The molecule has 0 spiro atoms. The van der Waals surface area contributed by atoms with E-state index in [1.807, 2.05) is 7.05 Å². The van der Waals surface area contributed by atoms with E-state index in [4.69, 9.17) is 61.9 Å². The Kier molecular flexibility index (Phi) is 38.0. The third-order valence-corrected chi connectivity index (χ3v) is 5.05. The molecule has 0 atom stereocenters. The van der Waals surface area contributed by atoms with Gasteiger partial charge in [0.2, 0.25) is 0 Å². The number of nitrogens with one attached hydrogen (secondary N) is 1. The van der Waals surface area contributed by atoms with E-state index in [0.29, 0.717) is 152 Å². The van der Waals surface area contributed by atoms with Gasteiger partial charge in [-0.2, -0.15) is 0 Å². The second-order valence-electron chi connectivity index (χ2n) is 8.60. The molecule has 0 aromatic heterocycles.